The Hall–Kier alpha value is -3.33. The van der Waals surface area contributed by atoms with Crippen molar-refractivity contribution in [2.75, 3.05) is 25.3 Å². The van der Waals surface area contributed by atoms with E-state index in [0.717, 1.165) is 11.3 Å². The van der Waals surface area contributed by atoms with Gasteiger partial charge in [0.25, 0.3) is 5.91 Å². The topological polar surface area (TPSA) is 92.6 Å². The van der Waals surface area contributed by atoms with Crippen LogP contribution in [0.2, 0.25) is 0 Å². The van der Waals surface area contributed by atoms with Gasteiger partial charge < -0.3 is 14.8 Å². The van der Waals surface area contributed by atoms with Gasteiger partial charge in [0.05, 0.1) is 31.3 Å². The monoisotopic (exact) mass is 466 g/mol. The minimum atomic E-state index is -0.436. The van der Waals surface area contributed by atoms with E-state index >= 15 is 0 Å². The number of amidine groups is 2. The quantitative estimate of drug-likeness (QED) is 0.664. The van der Waals surface area contributed by atoms with Crippen molar-refractivity contribution in [1.29, 1.82) is 0 Å². The van der Waals surface area contributed by atoms with Gasteiger partial charge in [-0.2, -0.15) is 0 Å². The number of rotatable bonds is 7. The van der Waals surface area contributed by atoms with Crippen LogP contribution >= 0.6 is 11.8 Å². The number of methoxy groups -OCH3 is 2. The first kappa shape index (κ1) is 22.8. The lowest BCUT2D eigenvalue weighted by Crippen LogP contribution is -2.41. The Balaban J connectivity index is 1.52. The van der Waals surface area contributed by atoms with Crippen LogP contribution in [-0.2, 0) is 9.59 Å². The normalized spacial score (nSPS) is 16.7. The van der Waals surface area contributed by atoms with Gasteiger partial charge >= 0.3 is 0 Å². The zero-order valence-electron chi connectivity index (χ0n) is 19.0. The summed E-state index contributed by atoms with van der Waals surface area (Å²) in [5, 5.41) is 3.31. The highest BCUT2D eigenvalue weighted by Crippen LogP contribution is 2.35. The summed E-state index contributed by atoms with van der Waals surface area (Å²) in [4.78, 5) is 36.8. The van der Waals surface area contributed by atoms with Crippen LogP contribution in [0.1, 0.15) is 25.8 Å². The number of carbonyl (C=O) groups is 2. The number of carbonyl (C=O) groups excluding carboxylic acids is 2. The lowest BCUT2D eigenvalue weighted by Gasteiger charge is -2.25. The molecular formula is C24H26N4O4S. The Kier molecular flexibility index (Phi) is 6.69. The van der Waals surface area contributed by atoms with E-state index in [-0.39, 0.29) is 17.6 Å². The summed E-state index contributed by atoms with van der Waals surface area (Å²) in [5.74, 6) is 1.80. The van der Waals surface area contributed by atoms with Gasteiger partial charge in [-0.3, -0.25) is 14.6 Å². The van der Waals surface area contributed by atoms with E-state index in [0.29, 0.717) is 40.5 Å². The molecule has 2 heterocycles. The SMILES string of the molecule is COc1ccc(NC(=O)CSC2=Nc3ccccc3C3=N[C@H](CC(C)C)C(=O)N23)c(OC)c1. The highest BCUT2D eigenvalue weighted by molar-refractivity contribution is 8.14. The second kappa shape index (κ2) is 9.66. The molecule has 0 bridgehead atoms. The van der Waals surface area contributed by atoms with Gasteiger partial charge in [0.15, 0.2) is 5.17 Å². The predicted molar refractivity (Wildman–Crippen MR) is 131 cm³/mol. The number of nitrogens with one attached hydrogen (secondary N) is 1. The van der Waals surface area contributed by atoms with E-state index in [9.17, 15) is 9.59 Å². The third kappa shape index (κ3) is 4.73. The first-order chi connectivity index (χ1) is 15.9. The average Bonchev–Trinajstić information content (AvgIpc) is 3.13. The lowest BCUT2D eigenvalue weighted by molar-refractivity contribution is -0.125. The molecule has 0 fully saturated rings. The van der Waals surface area contributed by atoms with Crippen LogP contribution in [0.5, 0.6) is 11.5 Å². The molecule has 0 saturated heterocycles. The first-order valence-electron chi connectivity index (χ1n) is 10.7. The maximum Gasteiger partial charge on any atom is 0.259 e. The smallest absolute Gasteiger partial charge is 0.259 e. The molecule has 8 nitrogen and oxygen atoms in total. The number of anilines is 1. The molecule has 0 spiro atoms. The zero-order chi connectivity index (χ0) is 23.5. The Morgan fingerprint density at radius 1 is 1.18 bits per heavy atom. The van der Waals surface area contributed by atoms with Gasteiger partial charge in [-0.05, 0) is 36.6 Å². The molecule has 1 atom stereocenters. The van der Waals surface area contributed by atoms with Crippen LogP contribution in [0.4, 0.5) is 11.4 Å². The summed E-state index contributed by atoms with van der Waals surface area (Å²) in [5.41, 5.74) is 2.11. The summed E-state index contributed by atoms with van der Waals surface area (Å²) in [7, 11) is 3.09. The van der Waals surface area contributed by atoms with Gasteiger partial charge in [0.1, 0.15) is 23.4 Å². The van der Waals surface area contributed by atoms with Crippen molar-refractivity contribution >= 4 is 46.0 Å². The van der Waals surface area contributed by atoms with Crippen LogP contribution < -0.4 is 14.8 Å². The molecular weight excluding hydrogens is 440 g/mol. The summed E-state index contributed by atoms with van der Waals surface area (Å²) >= 11 is 1.21. The Morgan fingerprint density at radius 2 is 1.97 bits per heavy atom. The van der Waals surface area contributed by atoms with E-state index < -0.39 is 6.04 Å². The minimum Gasteiger partial charge on any atom is -0.497 e. The van der Waals surface area contributed by atoms with Crippen molar-refractivity contribution in [3.8, 4) is 11.5 Å². The van der Waals surface area contributed by atoms with Crippen LogP contribution in [0.15, 0.2) is 52.4 Å². The Labute approximate surface area is 197 Å². The van der Waals surface area contributed by atoms with Gasteiger partial charge in [0.2, 0.25) is 5.91 Å². The summed E-state index contributed by atoms with van der Waals surface area (Å²) in [6, 6.07) is 12.3. The van der Waals surface area contributed by atoms with Crippen LogP contribution in [0.3, 0.4) is 0 Å². The standard InChI is InChI=1S/C24H26N4O4S/c1-14(2)11-19-23(30)28-22(26-19)16-7-5-6-8-17(16)27-24(28)33-13-21(29)25-18-10-9-15(31-3)12-20(18)32-4/h5-10,12,14,19H,11,13H2,1-4H3,(H,25,29)/t19-/m1/s1. The highest BCUT2D eigenvalue weighted by atomic mass is 32.2. The molecule has 2 aromatic rings. The largest absolute Gasteiger partial charge is 0.497 e. The molecule has 0 radical (unpaired) electrons. The number of para-hydroxylation sites is 1. The molecule has 1 N–H and O–H groups in total. The lowest BCUT2D eigenvalue weighted by atomic mass is 10.0. The minimum absolute atomic E-state index is 0.0715. The fourth-order valence-corrected chi connectivity index (χ4v) is 4.52. The molecule has 4 rings (SSSR count). The second-order valence-electron chi connectivity index (χ2n) is 8.09. The third-order valence-corrected chi connectivity index (χ3v) is 6.20. The van der Waals surface area contributed by atoms with Crippen molar-refractivity contribution in [2.45, 2.75) is 26.3 Å². The maximum absolute atomic E-state index is 13.2. The van der Waals surface area contributed by atoms with E-state index in [1.54, 1.807) is 30.2 Å². The number of fused-ring (bicyclic) bond motifs is 3. The molecule has 2 aliphatic rings. The second-order valence-corrected chi connectivity index (χ2v) is 9.03. The van der Waals surface area contributed by atoms with Crippen molar-refractivity contribution < 1.29 is 19.1 Å². The number of nitrogens with zero attached hydrogens (tertiary/aromatic N) is 3. The number of aliphatic imine (C=N–C) groups is 2. The number of hydrogen-bond donors (Lipinski definition) is 1. The highest BCUT2D eigenvalue weighted by Gasteiger charge is 2.41. The Morgan fingerprint density at radius 3 is 2.70 bits per heavy atom. The van der Waals surface area contributed by atoms with Gasteiger partial charge in [0, 0.05) is 11.6 Å². The molecule has 2 aliphatic heterocycles. The fraction of sp³-hybridized carbons (Fsp3) is 0.333. The molecule has 2 aromatic carbocycles. The molecule has 0 aromatic heterocycles. The van der Waals surface area contributed by atoms with Gasteiger partial charge in [-0.1, -0.05) is 37.7 Å². The molecule has 2 amide bonds. The molecule has 0 saturated carbocycles. The maximum atomic E-state index is 13.2. The number of thioether (sulfide) groups is 1. The molecule has 0 unspecified atom stereocenters. The van der Waals surface area contributed by atoms with E-state index in [1.807, 2.05) is 24.3 Å². The summed E-state index contributed by atoms with van der Waals surface area (Å²) in [6.45, 7) is 4.14. The number of hydrogen-bond acceptors (Lipinski definition) is 7. The fourth-order valence-electron chi connectivity index (χ4n) is 3.72. The van der Waals surface area contributed by atoms with Crippen molar-refractivity contribution in [3.63, 3.8) is 0 Å². The third-order valence-electron chi connectivity index (χ3n) is 5.26. The van der Waals surface area contributed by atoms with E-state index in [2.05, 4.69) is 24.2 Å². The van der Waals surface area contributed by atoms with Crippen LogP contribution in [0.25, 0.3) is 0 Å². The molecule has 172 valence electrons. The number of benzene rings is 2. The Bertz CT molecular complexity index is 1150. The first-order valence-corrected chi connectivity index (χ1v) is 11.6. The zero-order valence-corrected chi connectivity index (χ0v) is 19.8. The predicted octanol–water partition coefficient (Wildman–Crippen LogP) is 4.08. The van der Waals surface area contributed by atoms with E-state index in [4.69, 9.17) is 14.5 Å². The molecule has 9 heteroatoms. The van der Waals surface area contributed by atoms with Crippen molar-refractivity contribution in [1.82, 2.24) is 4.90 Å². The van der Waals surface area contributed by atoms with Crippen LogP contribution in [-0.4, -0.2) is 53.7 Å². The van der Waals surface area contributed by atoms with Gasteiger partial charge in [-0.25, -0.2) is 9.89 Å². The van der Waals surface area contributed by atoms with E-state index in [1.165, 1.54) is 18.9 Å². The average molecular weight is 467 g/mol. The summed E-state index contributed by atoms with van der Waals surface area (Å²) < 4.78 is 10.5. The van der Waals surface area contributed by atoms with Crippen molar-refractivity contribution in [3.05, 3.63) is 48.0 Å². The molecule has 33 heavy (non-hydrogen) atoms. The summed E-state index contributed by atoms with van der Waals surface area (Å²) in [6.07, 6.45) is 0.663. The van der Waals surface area contributed by atoms with Gasteiger partial charge in [-0.15, -0.1) is 0 Å². The number of ether oxygens (including phenoxy) is 2. The number of amides is 2. The molecule has 0 aliphatic carbocycles. The van der Waals surface area contributed by atoms with Crippen LogP contribution in [0, 0.1) is 5.92 Å². The van der Waals surface area contributed by atoms with Crippen molar-refractivity contribution in [2.24, 2.45) is 15.9 Å².